The van der Waals surface area contributed by atoms with Gasteiger partial charge in [0, 0.05) is 0 Å². The highest BCUT2D eigenvalue weighted by molar-refractivity contribution is 9.10. The molecule has 18 heavy (non-hydrogen) atoms. The van der Waals surface area contributed by atoms with Gasteiger partial charge in [0.15, 0.2) is 0 Å². The van der Waals surface area contributed by atoms with E-state index in [0.29, 0.717) is 15.2 Å². The van der Waals surface area contributed by atoms with Gasteiger partial charge in [-0.05, 0) is 40.2 Å². The fourth-order valence-corrected chi connectivity index (χ4v) is 2.02. The van der Waals surface area contributed by atoms with E-state index < -0.39 is 0 Å². The number of pyridine rings is 1. The van der Waals surface area contributed by atoms with E-state index in [-0.39, 0.29) is 16.8 Å². The minimum Gasteiger partial charge on any atom is -0.320 e. The second-order valence-electron chi connectivity index (χ2n) is 3.40. The molecule has 1 aromatic carbocycles. The summed E-state index contributed by atoms with van der Waals surface area (Å²) < 4.78 is 0.627. The smallest absolute Gasteiger partial charge is 0.274 e. The Kier molecular flexibility index (Phi) is 4.22. The van der Waals surface area contributed by atoms with Crippen LogP contribution in [0.2, 0.25) is 10.2 Å². The Hall–Kier alpha value is -1.10. The van der Waals surface area contributed by atoms with Crippen LogP contribution in [0, 0.1) is 0 Å². The zero-order valence-electron chi connectivity index (χ0n) is 8.95. The first kappa shape index (κ1) is 13.3. The van der Waals surface area contributed by atoms with Crippen LogP contribution in [0.15, 0.2) is 40.9 Å². The lowest BCUT2D eigenvalue weighted by atomic mass is 10.3. The SMILES string of the molecule is O=C(Nc1cccc(Cl)c1Br)c1cccc(Cl)n1. The molecule has 0 saturated heterocycles. The highest BCUT2D eigenvalue weighted by Gasteiger charge is 2.11. The quantitative estimate of drug-likeness (QED) is 0.819. The number of amides is 1. The maximum atomic E-state index is 11.9. The van der Waals surface area contributed by atoms with Crippen LogP contribution in [0.4, 0.5) is 5.69 Å². The van der Waals surface area contributed by atoms with E-state index in [9.17, 15) is 4.79 Å². The molecular weight excluding hydrogens is 339 g/mol. The highest BCUT2D eigenvalue weighted by atomic mass is 79.9. The van der Waals surface area contributed by atoms with Gasteiger partial charge < -0.3 is 5.32 Å². The number of benzene rings is 1. The van der Waals surface area contributed by atoms with Crippen molar-refractivity contribution in [3.63, 3.8) is 0 Å². The number of nitrogens with zero attached hydrogens (tertiary/aromatic N) is 1. The Morgan fingerprint density at radius 1 is 1.17 bits per heavy atom. The van der Waals surface area contributed by atoms with Crippen molar-refractivity contribution >= 4 is 50.7 Å². The summed E-state index contributed by atoms with van der Waals surface area (Å²) in [7, 11) is 0. The van der Waals surface area contributed by atoms with Crippen LogP contribution < -0.4 is 5.32 Å². The van der Waals surface area contributed by atoms with Crippen molar-refractivity contribution in [3.05, 3.63) is 56.7 Å². The Bertz CT molecular complexity index is 604. The van der Waals surface area contributed by atoms with Gasteiger partial charge in [-0.3, -0.25) is 4.79 Å². The van der Waals surface area contributed by atoms with Crippen LogP contribution in [-0.4, -0.2) is 10.9 Å². The van der Waals surface area contributed by atoms with E-state index in [1.165, 1.54) is 0 Å². The number of rotatable bonds is 2. The molecule has 0 radical (unpaired) electrons. The molecule has 6 heteroatoms. The Labute approximate surface area is 122 Å². The number of anilines is 1. The molecule has 1 heterocycles. The lowest BCUT2D eigenvalue weighted by Gasteiger charge is -2.07. The molecule has 0 aliphatic heterocycles. The van der Waals surface area contributed by atoms with E-state index in [1.54, 1.807) is 36.4 Å². The number of carbonyl (C=O) groups excluding carboxylic acids is 1. The zero-order valence-corrected chi connectivity index (χ0v) is 12.1. The molecule has 0 atom stereocenters. The Morgan fingerprint density at radius 2 is 1.89 bits per heavy atom. The van der Waals surface area contributed by atoms with Gasteiger partial charge in [-0.25, -0.2) is 4.98 Å². The first-order valence-electron chi connectivity index (χ1n) is 4.96. The first-order chi connectivity index (χ1) is 8.58. The number of halogens is 3. The largest absolute Gasteiger partial charge is 0.320 e. The second-order valence-corrected chi connectivity index (χ2v) is 4.99. The van der Waals surface area contributed by atoms with Gasteiger partial charge in [0.2, 0.25) is 0 Å². The summed E-state index contributed by atoms with van der Waals surface area (Å²) in [5, 5.41) is 3.49. The fraction of sp³-hybridized carbons (Fsp3) is 0. The van der Waals surface area contributed by atoms with Gasteiger partial charge in [0.05, 0.1) is 15.2 Å². The molecule has 2 aromatic rings. The van der Waals surface area contributed by atoms with E-state index in [2.05, 4.69) is 26.2 Å². The molecule has 0 saturated carbocycles. The molecule has 3 nitrogen and oxygen atoms in total. The van der Waals surface area contributed by atoms with Crippen LogP contribution in [0.5, 0.6) is 0 Å². The van der Waals surface area contributed by atoms with Crippen molar-refractivity contribution in [2.75, 3.05) is 5.32 Å². The van der Waals surface area contributed by atoms with Crippen LogP contribution >= 0.6 is 39.1 Å². The molecule has 0 spiro atoms. The molecule has 0 fully saturated rings. The van der Waals surface area contributed by atoms with Crippen molar-refractivity contribution in [2.24, 2.45) is 0 Å². The highest BCUT2D eigenvalue weighted by Crippen LogP contribution is 2.30. The summed E-state index contributed by atoms with van der Waals surface area (Å²) in [6.45, 7) is 0. The van der Waals surface area contributed by atoms with Gasteiger partial charge in [-0.1, -0.05) is 35.3 Å². The Balaban J connectivity index is 2.24. The maximum absolute atomic E-state index is 11.9. The average Bonchev–Trinajstić information content (AvgIpc) is 2.35. The minimum absolute atomic E-state index is 0.245. The van der Waals surface area contributed by atoms with E-state index in [1.807, 2.05) is 0 Å². The van der Waals surface area contributed by atoms with Gasteiger partial charge in [0.1, 0.15) is 10.8 Å². The maximum Gasteiger partial charge on any atom is 0.274 e. The molecule has 2 rings (SSSR count). The third-order valence-electron chi connectivity index (χ3n) is 2.15. The number of hydrogen-bond donors (Lipinski definition) is 1. The third kappa shape index (κ3) is 3.02. The lowest BCUT2D eigenvalue weighted by Crippen LogP contribution is -2.13. The lowest BCUT2D eigenvalue weighted by molar-refractivity contribution is 0.102. The molecule has 1 aromatic heterocycles. The fourth-order valence-electron chi connectivity index (χ4n) is 1.32. The van der Waals surface area contributed by atoms with E-state index >= 15 is 0 Å². The van der Waals surface area contributed by atoms with Gasteiger partial charge in [0.25, 0.3) is 5.91 Å². The second kappa shape index (κ2) is 5.69. The van der Waals surface area contributed by atoms with Crippen molar-refractivity contribution < 1.29 is 4.79 Å². The van der Waals surface area contributed by atoms with Crippen molar-refractivity contribution in [1.82, 2.24) is 4.98 Å². The van der Waals surface area contributed by atoms with Gasteiger partial charge >= 0.3 is 0 Å². The standard InChI is InChI=1S/C12H7BrCl2N2O/c13-11-7(14)3-1-4-8(11)17-12(18)9-5-2-6-10(15)16-9/h1-6H,(H,17,18). The molecule has 0 aliphatic carbocycles. The predicted octanol–water partition coefficient (Wildman–Crippen LogP) is 4.40. The summed E-state index contributed by atoms with van der Waals surface area (Å²) >= 11 is 15.0. The normalized spacial score (nSPS) is 10.2. The molecule has 1 amide bonds. The monoisotopic (exact) mass is 344 g/mol. The number of carbonyl (C=O) groups is 1. The number of hydrogen-bond acceptors (Lipinski definition) is 2. The summed E-state index contributed by atoms with van der Waals surface area (Å²) in [6.07, 6.45) is 0. The third-order valence-corrected chi connectivity index (χ3v) is 3.76. The van der Waals surface area contributed by atoms with Crippen LogP contribution in [0.25, 0.3) is 0 Å². The van der Waals surface area contributed by atoms with Crippen LogP contribution in [0.3, 0.4) is 0 Å². The molecule has 1 N–H and O–H groups in total. The summed E-state index contributed by atoms with van der Waals surface area (Å²) in [5.74, 6) is -0.347. The molecule has 0 bridgehead atoms. The van der Waals surface area contributed by atoms with Gasteiger partial charge in [-0.15, -0.1) is 0 Å². The van der Waals surface area contributed by atoms with E-state index in [4.69, 9.17) is 23.2 Å². The van der Waals surface area contributed by atoms with Crippen molar-refractivity contribution in [3.8, 4) is 0 Å². The van der Waals surface area contributed by atoms with Crippen LogP contribution in [-0.2, 0) is 0 Å². The summed E-state index contributed by atoms with van der Waals surface area (Å²) in [5.41, 5.74) is 0.823. The molecule has 0 unspecified atom stereocenters. The topological polar surface area (TPSA) is 42.0 Å². The summed E-state index contributed by atoms with van der Waals surface area (Å²) in [6, 6.07) is 10.1. The zero-order chi connectivity index (χ0) is 13.1. The molecule has 0 aliphatic rings. The minimum atomic E-state index is -0.347. The Morgan fingerprint density at radius 3 is 2.61 bits per heavy atom. The first-order valence-corrected chi connectivity index (χ1v) is 6.51. The predicted molar refractivity (Wildman–Crippen MR) is 76.4 cm³/mol. The van der Waals surface area contributed by atoms with Crippen LogP contribution in [0.1, 0.15) is 10.5 Å². The van der Waals surface area contributed by atoms with Crippen molar-refractivity contribution in [2.45, 2.75) is 0 Å². The molecular formula is C12H7BrCl2N2O. The van der Waals surface area contributed by atoms with Crippen molar-refractivity contribution in [1.29, 1.82) is 0 Å². The summed E-state index contributed by atoms with van der Waals surface area (Å²) in [4.78, 5) is 15.9. The molecule has 92 valence electrons. The number of nitrogens with one attached hydrogen (secondary N) is 1. The average molecular weight is 346 g/mol. The van der Waals surface area contributed by atoms with E-state index in [0.717, 1.165) is 0 Å². The van der Waals surface area contributed by atoms with Gasteiger partial charge in [-0.2, -0.15) is 0 Å². The number of aromatic nitrogens is 1.